The van der Waals surface area contributed by atoms with Crippen molar-refractivity contribution in [1.82, 2.24) is 15.0 Å². The fraction of sp³-hybridized carbons (Fsp3) is 0.400. The smallest absolute Gasteiger partial charge is 0.231 e. The molecule has 0 saturated carbocycles. The molecule has 0 aliphatic carbocycles. The lowest BCUT2D eigenvalue weighted by Crippen LogP contribution is -2.17. The first-order chi connectivity index (χ1) is 18.2. The van der Waals surface area contributed by atoms with E-state index < -0.39 is 0 Å². The van der Waals surface area contributed by atoms with E-state index in [2.05, 4.69) is 30.9 Å². The van der Waals surface area contributed by atoms with Gasteiger partial charge in [0.1, 0.15) is 5.75 Å². The van der Waals surface area contributed by atoms with Crippen LogP contribution in [0.5, 0.6) is 17.2 Å². The molecule has 3 aromatic rings. The number of methoxy groups -OCH3 is 1. The predicted octanol–water partition coefficient (Wildman–Crippen LogP) is 2.24. The number of nitrogens with one attached hydrogen (secondary N) is 3. The van der Waals surface area contributed by atoms with E-state index in [0.29, 0.717) is 70.5 Å². The number of aromatic nitrogens is 3. The summed E-state index contributed by atoms with van der Waals surface area (Å²) < 4.78 is 26.9. The van der Waals surface area contributed by atoms with Gasteiger partial charge in [-0.1, -0.05) is 18.2 Å². The molecule has 1 aliphatic rings. The summed E-state index contributed by atoms with van der Waals surface area (Å²) >= 11 is 0. The monoisotopic (exact) mass is 511 g/mol. The van der Waals surface area contributed by atoms with E-state index >= 15 is 0 Å². The highest BCUT2D eigenvalue weighted by Gasteiger charge is 2.13. The second-order valence-electron chi connectivity index (χ2n) is 7.99. The number of hydrogen-bond donors (Lipinski definition) is 4. The maximum atomic E-state index is 5.57. The highest BCUT2D eigenvalue weighted by atomic mass is 16.7. The molecule has 0 amide bonds. The minimum absolute atomic E-state index is 0.238. The van der Waals surface area contributed by atoms with Crippen molar-refractivity contribution in [2.45, 2.75) is 13.1 Å². The van der Waals surface area contributed by atoms with Gasteiger partial charge in [-0.2, -0.15) is 15.0 Å². The van der Waals surface area contributed by atoms with E-state index in [0.717, 1.165) is 28.4 Å². The van der Waals surface area contributed by atoms with Gasteiger partial charge in [0.25, 0.3) is 0 Å². The second kappa shape index (κ2) is 14.0. The second-order valence-corrected chi connectivity index (χ2v) is 7.99. The van der Waals surface area contributed by atoms with Crippen molar-refractivity contribution in [3.05, 3.63) is 53.6 Å². The molecule has 0 bridgehead atoms. The van der Waals surface area contributed by atoms with Crippen LogP contribution in [0.4, 0.5) is 17.8 Å². The van der Waals surface area contributed by atoms with E-state index in [4.69, 9.17) is 29.4 Å². The van der Waals surface area contributed by atoms with Crippen LogP contribution in [0, 0.1) is 0 Å². The number of nitrogens with zero attached hydrogens (tertiary/aromatic N) is 3. The van der Waals surface area contributed by atoms with Gasteiger partial charge in [0.15, 0.2) is 11.5 Å². The van der Waals surface area contributed by atoms with Gasteiger partial charge in [-0.15, -0.1) is 0 Å². The number of ether oxygens (including phenoxy) is 5. The zero-order valence-electron chi connectivity index (χ0n) is 20.9. The zero-order valence-corrected chi connectivity index (χ0v) is 20.9. The number of benzene rings is 2. The number of hydrogen-bond acceptors (Lipinski definition) is 12. The Balaban J connectivity index is 1.35. The molecule has 12 heteroatoms. The zero-order chi connectivity index (χ0) is 25.7. The fourth-order valence-corrected chi connectivity index (χ4v) is 3.41. The summed E-state index contributed by atoms with van der Waals surface area (Å²) in [6.07, 6.45) is 0. The Morgan fingerprint density at radius 3 is 2.08 bits per heavy atom. The van der Waals surface area contributed by atoms with Crippen molar-refractivity contribution in [1.29, 1.82) is 0 Å². The molecule has 1 aromatic heterocycles. The average molecular weight is 512 g/mol. The van der Waals surface area contributed by atoms with Crippen molar-refractivity contribution in [2.24, 2.45) is 5.73 Å². The van der Waals surface area contributed by atoms with Crippen molar-refractivity contribution >= 4 is 17.8 Å². The summed E-state index contributed by atoms with van der Waals surface area (Å²) in [5.41, 5.74) is 7.48. The van der Waals surface area contributed by atoms with Gasteiger partial charge in [-0.3, -0.25) is 0 Å². The molecule has 0 spiro atoms. The number of rotatable bonds is 16. The molecule has 0 fully saturated rings. The first-order valence-electron chi connectivity index (χ1n) is 12.1. The van der Waals surface area contributed by atoms with Crippen LogP contribution in [0.15, 0.2) is 42.5 Å². The van der Waals surface area contributed by atoms with Gasteiger partial charge in [0, 0.05) is 26.2 Å². The van der Waals surface area contributed by atoms with Crippen LogP contribution in [0.1, 0.15) is 11.1 Å². The van der Waals surface area contributed by atoms with E-state index in [1.165, 1.54) is 0 Å². The van der Waals surface area contributed by atoms with Crippen LogP contribution >= 0.6 is 0 Å². The summed E-state index contributed by atoms with van der Waals surface area (Å²) in [6, 6.07) is 13.6. The highest BCUT2D eigenvalue weighted by Crippen LogP contribution is 2.32. The summed E-state index contributed by atoms with van der Waals surface area (Å²) in [6.45, 7) is 4.33. The van der Waals surface area contributed by atoms with E-state index in [-0.39, 0.29) is 6.79 Å². The van der Waals surface area contributed by atoms with Crippen LogP contribution in [-0.4, -0.2) is 68.4 Å². The Labute approximate surface area is 215 Å². The van der Waals surface area contributed by atoms with E-state index in [1.807, 2.05) is 42.5 Å². The molecule has 1 aliphatic heterocycles. The Bertz CT molecular complexity index is 1120. The highest BCUT2D eigenvalue weighted by molar-refractivity contribution is 5.47. The number of nitrogens with two attached hydrogens (primary N) is 1. The molecule has 0 atom stereocenters. The van der Waals surface area contributed by atoms with Gasteiger partial charge in [0.05, 0.1) is 33.5 Å². The molecule has 37 heavy (non-hydrogen) atoms. The molecule has 0 radical (unpaired) electrons. The van der Waals surface area contributed by atoms with Crippen LogP contribution in [0.3, 0.4) is 0 Å². The lowest BCUT2D eigenvalue weighted by Gasteiger charge is -2.12. The van der Waals surface area contributed by atoms with E-state index in [1.54, 1.807) is 7.11 Å². The van der Waals surface area contributed by atoms with Crippen LogP contribution in [0.25, 0.3) is 0 Å². The average Bonchev–Trinajstić information content (AvgIpc) is 3.40. The summed E-state index contributed by atoms with van der Waals surface area (Å²) in [5.74, 6) is 3.59. The molecule has 2 heterocycles. The first-order valence-corrected chi connectivity index (χ1v) is 12.1. The normalized spacial score (nSPS) is 11.8. The lowest BCUT2D eigenvalue weighted by atomic mass is 10.2. The van der Waals surface area contributed by atoms with Gasteiger partial charge in [-0.05, 0) is 35.4 Å². The molecule has 12 nitrogen and oxygen atoms in total. The third kappa shape index (κ3) is 8.34. The molecular formula is C25H33N7O5. The molecule has 5 N–H and O–H groups in total. The van der Waals surface area contributed by atoms with Crippen molar-refractivity contribution in [3.8, 4) is 17.2 Å². The minimum Gasteiger partial charge on any atom is -0.497 e. The molecule has 2 aromatic carbocycles. The molecule has 198 valence electrons. The van der Waals surface area contributed by atoms with Crippen LogP contribution in [-0.2, 0) is 22.6 Å². The van der Waals surface area contributed by atoms with Crippen LogP contribution in [0.2, 0.25) is 0 Å². The maximum absolute atomic E-state index is 5.57. The largest absolute Gasteiger partial charge is 0.497 e. The number of fused-ring (bicyclic) bond motifs is 1. The Hall–Kier alpha value is -3.87. The molecule has 0 saturated heterocycles. The Morgan fingerprint density at radius 1 is 0.757 bits per heavy atom. The van der Waals surface area contributed by atoms with Gasteiger partial charge in [-0.25, -0.2) is 0 Å². The quantitative estimate of drug-likeness (QED) is 0.209. The van der Waals surface area contributed by atoms with Crippen LogP contribution < -0.4 is 35.9 Å². The first kappa shape index (κ1) is 26.2. The summed E-state index contributed by atoms with van der Waals surface area (Å²) in [7, 11) is 1.64. The van der Waals surface area contributed by atoms with Crippen molar-refractivity contribution in [2.75, 3.05) is 69.4 Å². The van der Waals surface area contributed by atoms with Crippen molar-refractivity contribution in [3.63, 3.8) is 0 Å². The maximum Gasteiger partial charge on any atom is 0.231 e. The fourth-order valence-electron chi connectivity index (χ4n) is 3.41. The molecular weight excluding hydrogens is 478 g/mol. The molecule has 4 rings (SSSR count). The standard InChI is InChI=1S/C25H33N7O5/c1-33-20-5-2-18(3-6-20)15-28-24-30-23(27-9-11-35-13-12-34-10-8-26)31-25(32-24)29-16-19-4-7-21-22(14-19)37-17-36-21/h2-7,14H,8-13,15-17,26H2,1H3,(H3,27,28,29,30,31,32). The van der Waals surface area contributed by atoms with Crippen molar-refractivity contribution < 1.29 is 23.7 Å². The SMILES string of the molecule is COc1ccc(CNc2nc(NCCOCCOCCN)nc(NCc3ccc4c(c3)OCO4)n2)cc1. The van der Waals surface area contributed by atoms with Gasteiger partial charge < -0.3 is 45.4 Å². The van der Waals surface area contributed by atoms with E-state index in [9.17, 15) is 0 Å². The van der Waals surface area contributed by atoms with Gasteiger partial charge >= 0.3 is 0 Å². The minimum atomic E-state index is 0.238. The lowest BCUT2D eigenvalue weighted by molar-refractivity contribution is 0.0547. The van der Waals surface area contributed by atoms with Gasteiger partial charge in [0.2, 0.25) is 24.6 Å². The summed E-state index contributed by atoms with van der Waals surface area (Å²) in [5, 5.41) is 9.72. The molecule has 0 unspecified atom stereocenters. The third-order valence-electron chi connectivity index (χ3n) is 5.30. The third-order valence-corrected chi connectivity index (χ3v) is 5.30. The topological polar surface area (TPSA) is 147 Å². The Morgan fingerprint density at radius 2 is 1.38 bits per heavy atom. The predicted molar refractivity (Wildman–Crippen MR) is 139 cm³/mol. The number of anilines is 3. The Kier molecular flexibility index (Phi) is 9.93. The summed E-state index contributed by atoms with van der Waals surface area (Å²) in [4.78, 5) is 13.5.